The second kappa shape index (κ2) is 9.18. The Bertz CT molecular complexity index is 1300. The van der Waals surface area contributed by atoms with Crippen LogP contribution in [-0.4, -0.2) is 11.2 Å². The number of aromatic nitrogens is 1. The first-order valence-corrected chi connectivity index (χ1v) is 11.7. The zero-order valence-electron chi connectivity index (χ0n) is 19.7. The fourth-order valence-electron chi connectivity index (χ4n) is 4.18. The molecule has 1 aliphatic carbocycles. The molecule has 1 fully saturated rings. The number of hydrogen-bond acceptors (Lipinski definition) is 4. The van der Waals surface area contributed by atoms with Crippen molar-refractivity contribution in [2.24, 2.45) is 0 Å². The van der Waals surface area contributed by atoms with Crippen LogP contribution in [0, 0.1) is 13.8 Å². The summed E-state index contributed by atoms with van der Waals surface area (Å²) in [5.74, 6) is 1.28. The lowest BCUT2D eigenvalue weighted by atomic mass is 10.00. The first kappa shape index (κ1) is 22.0. The first-order chi connectivity index (χ1) is 16.5. The third-order valence-electron chi connectivity index (χ3n) is 6.34. The zero-order chi connectivity index (χ0) is 23.7. The summed E-state index contributed by atoms with van der Waals surface area (Å²) in [5, 5.41) is 7.01. The minimum absolute atomic E-state index is 0.380. The monoisotopic (exact) mass is 452 g/mol. The maximum Gasteiger partial charge on any atom is 0.412 e. The molecule has 1 amide bonds. The molecule has 5 nitrogen and oxygen atoms in total. The van der Waals surface area contributed by atoms with Crippen molar-refractivity contribution in [2.45, 2.75) is 45.6 Å². The largest absolute Gasteiger partial charge is 0.441 e. The number of carbonyl (C=O) groups excluding carboxylic acids is 1. The lowest BCUT2D eigenvalue weighted by Crippen LogP contribution is -2.16. The Morgan fingerprint density at radius 3 is 2.26 bits per heavy atom. The van der Waals surface area contributed by atoms with Crippen molar-refractivity contribution in [1.82, 2.24) is 5.16 Å². The number of ether oxygens (including phenoxy) is 1. The summed E-state index contributed by atoms with van der Waals surface area (Å²) in [7, 11) is 0. The van der Waals surface area contributed by atoms with Crippen LogP contribution in [0.2, 0.25) is 0 Å². The minimum Gasteiger partial charge on any atom is -0.441 e. The normalized spacial score (nSPS) is 14.0. The van der Waals surface area contributed by atoms with Gasteiger partial charge >= 0.3 is 6.09 Å². The van der Waals surface area contributed by atoms with E-state index < -0.39 is 6.09 Å². The molecule has 0 spiro atoms. The molecular weight excluding hydrogens is 424 g/mol. The Labute approximate surface area is 199 Å². The topological polar surface area (TPSA) is 64.4 Å². The van der Waals surface area contributed by atoms with Gasteiger partial charge in [-0.3, -0.25) is 5.32 Å². The highest BCUT2D eigenvalue weighted by atomic mass is 16.6. The van der Waals surface area contributed by atoms with E-state index in [1.54, 1.807) is 6.92 Å². The third-order valence-corrected chi connectivity index (χ3v) is 6.34. The summed E-state index contributed by atoms with van der Waals surface area (Å²) < 4.78 is 11.0. The van der Waals surface area contributed by atoms with Gasteiger partial charge in [-0.1, -0.05) is 83.5 Å². The van der Waals surface area contributed by atoms with Crippen LogP contribution in [0.4, 0.5) is 10.5 Å². The molecule has 1 heterocycles. The molecule has 0 saturated heterocycles. The number of aryl methyl sites for hydroxylation is 2. The highest BCUT2D eigenvalue weighted by Gasteiger charge is 2.23. The molecule has 1 saturated carbocycles. The van der Waals surface area contributed by atoms with Crippen LogP contribution < -0.4 is 5.32 Å². The number of amides is 1. The Kier molecular flexibility index (Phi) is 5.93. The molecule has 1 aliphatic rings. The number of nitrogens with zero attached hydrogens (tertiary/aromatic N) is 1. The molecule has 3 aromatic carbocycles. The summed E-state index contributed by atoms with van der Waals surface area (Å²) in [5.41, 5.74) is 7.75. The van der Waals surface area contributed by atoms with Gasteiger partial charge in [0.2, 0.25) is 0 Å². The van der Waals surface area contributed by atoms with E-state index in [1.807, 2.05) is 50.2 Å². The Hall–Kier alpha value is -3.86. The van der Waals surface area contributed by atoms with Gasteiger partial charge in [0.15, 0.2) is 5.76 Å². The average Bonchev–Trinajstić information content (AvgIpc) is 3.64. The predicted molar refractivity (Wildman–Crippen MR) is 134 cm³/mol. The first-order valence-electron chi connectivity index (χ1n) is 11.7. The van der Waals surface area contributed by atoms with Crippen LogP contribution in [0.3, 0.4) is 0 Å². The van der Waals surface area contributed by atoms with Gasteiger partial charge in [0.25, 0.3) is 0 Å². The number of nitrogens with one attached hydrogen (secondary N) is 1. The maximum absolute atomic E-state index is 12.6. The maximum atomic E-state index is 12.6. The summed E-state index contributed by atoms with van der Waals surface area (Å²) in [6, 6.07) is 24.9. The van der Waals surface area contributed by atoms with Crippen LogP contribution in [-0.2, 0) is 4.74 Å². The fourth-order valence-corrected chi connectivity index (χ4v) is 4.18. The van der Waals surface area contributed by atoms with E-state index in [1.165, 1.54) is 24.0 Å². The predicted octanol–water partition coefficient (Wildman–Crippen LogP) is 7.81. The average molecular weight is 453 g/mol. The van der Waals surface area contributed by atoms with Crippen LogP contribution in [0.25, 0.3) is 22.4 Å². The van der Waals surface area contributed by atoms with Crippen LogP contribution in [0.1, 0.15) is 54.2 Å². The SMILES string of the molecule is Cc1cccc([C@@H](C)OC(=O)Nc2c(-c3ccc(-c4ccc(C5CC5)cc4)cc3)noc2C)c1. The van der Waals surface area contributed by atoms with Gasteiger partial charge in [-0.15, -0.1) is 0 Å². The lowest BCUT2D eigenvalue weighted by Gasteiger charge is -2.15. The van der Waals surface area contributed by atoms with Crippen molar-refractivity contribution in [3.8, 4) is 22.4 Å². The van der Waals surface area contributed by atoms with Gasteiger partial charge < -0.3 is 9.26 Å². The van der Waals surface area contributed by atoms with E-state index in [0.717, 1.165) is 28.2 Å². The van der Waals surface area contributed by atoms with Crippen molar-refractivity contribution in [2.75, 3.05) is 5.32 Å². The molecule has 4 aromatic rings. The van der Waals surface area contributed by atoms with Crippen molar-refractivity contribution in [1.29, 1.82) is 0 Å². The molecule has 0 aliphatic heterocycles. The van der Waals surface area contributed by atoms with Crippen molar-refractivity contribution < 1.29 is 14.1 Å². The highest BCUT2D eigenvalue weighted by molar-refractivity contribution is 5.91. The molecule has 1 aromatic heterocycles. The zero-order valence-corrected chi connectivity index (χ0v) is 19.7. The Morgan fingerprint density at radius 2 is 1.62 bits per heavy atom. The Morgan fingerprint density at radius 1 is 0.971 bits per heavy atom. The Balaban J connectivity index is 1.30. The van der Waals surface area contributed by atoms with Gasteiger partial charge in [-0.25, -0.2) is 4.79 Å². The molecule has 0 unspecified atom stereocenters. The number of rotatable bonds is 6. The van der Waals surface area contributed by atoms with Crippen LogP contribution in [0.5, 0.6) is 0 Å². The standard InChI is InChI=1S/C29H28N2O3/c1-18-5-4-6-26(17-18)19(2)33-29(32)30-27-20(3)34-31-28(27)25-15-13-24(14-16-25)23-11-9-22(10-12-23)21-7-8-21/h4-6,9-17,19,21H,7-8H2,1-3H3,(H,30,32)/t19-/m1/s1. The molecule has 1 N–H and O–H groups in total. The highest BCUT2D eigenvalue weighted by Crippen LogP contribution is 2.40. The number of carbonyl (C=O) groups is 1. The second-order valence-electron chi connectivity index (χ2n) is 9.02. The molecule has 5 heteroatoms. The van der Waals surface area contributed by atoms with E-state index >= 15 is 0 Å². The van der Waals surface area contributed by atoms with Crippen LogP contribution >= 0.6 is 0 Å². The fraction of sp³-hybridized carbons (Fsp3) is 0.241. The van der Waals surface area contributed by atoms with Crippen LogP contribution in [0.15, 0.2) is 77.3 Å². The van der Waals surface area contributed by atoms with Crippen molar-refractivity contribution >= 4 is 11.8 Å². The quantitative estimate of drug-likeness (QED) is 0.324. The van der Waals surface area contributed by atoms with E-state index in [9.17, 15) is 4.79 Å². The van der Waals surface area contributed by atoms with Gasteiger partial charge in [0, 0.05) is 5.56 Å². The molecule has 172 valence electrons. The van der Waals surface area contributed by atoms with E-state index in [-0.39, 0.29) is 6.10 Å². The van der Waals surface area contributed by atoms with Crippen molar-refractivity contribution in [3.63, 3.8) is 0 Å². The summed E-state index contributed by atoms with van der Waals surface area (Å²) in [6.45, 7) is 5.63. The third kappa shape index (κ3) is 4.74. The smallest absolute Gasteiger partial charge is 0.412 e. The van der Waals surface area contributed by atoms with E-state index in [0.29, 0.717) is 17.1 Å². The lowest BCUT2D eigenvalue weighted by molar-refractivity contribution is 0.121. The molecule has 5 rings (SSSR count). The number of hydrogen-bond donors (Lipinski definition) is 1. The minimum atomic E-state index is -0.547. The van der Waals surface area contributed by atoms with Gasteiger partial charge in [0.05, 0.1) is 0 Å². The molecule has 34 heavy (non-hydrogen) atoms. The van der Waals surface area contributed by atoms with Gasteiger partial charge in [0.1, 0.15) is 17.5 Å². The molecular formula is C29H28N2O3. The van der Waals surface area contributed by atoms with Gasteiger partial charge in [-0.2, -0.15) is 0 Å². The van der Waals surface area contributed by atoms with E-state index in [2.05, 4.69) is 46.9 Å². The summed E-state index contributed by atoms with van der Waals surface area (Å²) in [4.78, 5) is 12.6. The number of benzene rings is 3. The van der Waals surface area contributed by atoms with Gasteiger partial charge in [-0.05, 0) is 61.8 Å². The van der Waals surface area contributed by atoms with Crippen molar-refractivity contribution in [3.05, 3.63) is 95.2 Å². The number of anilines is 1. The summed E-state index contributed by atoms with van der Waals surface area (Å²) in [6.07, 6.45) is 1.68. The summed E-state index contributed by atoms with van der Waals surface area (Å²) >= 11 is 0. The van der Waals surface area contributed by atoms with E-state index in [4.69, 9.17) is 9.26 Å². The molecule has 0 bridgehead atoms. The molecule has 0 radical (unpaired) electrons. The second-order valence-corrected chi connectivity index (χ2v) is 9.02. The molecule has 1 atom stereocenters.